The topological polar surface area (TPSA) is 99.0 Å². The Balaban J connectivity index is 1.54. The maximum atomic E-state index is 12.3. The van der Waals surface area contributed by atoms with Gasteiger partial charge in [-0.1, -0.05) is 26.7 Å². The summed E-state index contributed by atoms with van der Waals surface area (Å²) in [6.45, 7) is 4.08. The van der Waals surface area contributed by atoms with Crippen molar-refractivity contribution in [2.24, 2.45) is 11.8 Å². The zero-order chi connectivity index (χ0) is 17.8. The van der Waals surface area contributed by atoms with Gasteiger partial charge in [-0.3, -0.25) is 4.79 Å². The third-order valence-corrected chi connectivity index (χ3v) is 5.70. The minimum Gasteiger partial charge on any atom is -0.451 e. The molecule has 0 radical (unpaired) electrons. The summed E-state index contributed by atoms with van der Waals surface area (Å²) in [6, 6.07) is 1.87. The van der Waals surface area contributed by atoms with Crippen molar-refractivity contribution in [3.63, 3.8) is 0 Å². The van der Waals surface area contributed by atoms with Crippen molar-refractivity contribution in [3.05, 3.63) is 22.7 Å². The van der Waals surface area contributed by atoms with Crippen LogP contribution in [-0.2, 0) is 9.53 Å². The highest BCUT2D eigenvalue weighted by atomic mass is 32.1. The second kappa shape index (κ2) is 7.73. The van der Waals surface area contributed by atoms with Gasteiger partial charge in [-0.15, -0.1) is 16.4 Å². The third kappa shape index (κ3) is 4.04. The molecule has 0 aliphatic heterocycles. The molecule has 2 aromatic heterocycles. The van der Waals surface area contributed by atoms with E-state index in [0.29, 0.717) is 22.4 Å². The maximum absolute atomic E-state index is 12.3. The van der Waals surface area contributed by atoms with Gasteiger partial charge in [0.1, 0.15) is 11.2 Å². The van der Waals surface area contributed by atoms with Crippen LogP contribution in [0.2, 0.25) is 0 Å². The molecule has 1 aliphatic rings. The number of tetrazole rings is 1. The van der Waals surface area contributed by atoms with Crippen molar-refractivity contribution < 1.29 is 14.3 Å². The van der Waals surface area contributed by atoms with Crippen LogP contribution in [0.1, 0.15) is 42.8 Å². The Kier molecular flexibility index (Phi) is 5.42. The Labute approximate surface area is 149 Å². The van der Waals surface area contributed by atoms with E-state index >= 15 is 0 Å². The lowest BCUT2D eigenvalue weighted by Gasteiger charge is -2.34. The van der Waals surface area contributed by atoms with E-state index in [1.54, 1.807) is 11.4 Å². The number of hydrogen-bond acceptors (Lipinski definition) is 7. The van der Waals surface area contributed by atoms with Crippen LogP contribution >= 0.6 is 11.3 Å². The predicted molar refractivity (Wildman–Crippen MR) is 91.4 cm³/mol. The molecule has 3 atom stereocenters. The Morgan fingerprint density at radius 1 is 1.40 bits per heavy atom. The summed E-state index contributed by atoms with van der Waals surface area (Å²) in [7, 11) is 0. The van der Waals surface area contributed by atoms with Crippen molar-refractivity contribution in [2.45, 2.75) is 39.2 Å². The number of hydrogen-bond donors (Lipinski definition) is 1. The maximum Gasteiger partial charge on any atom is 0.351 e. The smallest absolute Gasteiger partial charge is 0.351 e. The molecule has 3 unspecified atom stereocenters. The highest BCUT2D eigenvalue weighted by molar-refractivity contribution is 7.12. The molecule has 2 aromatic rings. The zero-order valence-electron chi connectivity index (χ0n) is 14.2. The Hall–Kier alpha value is -2.29. The quantitative estimate of drug-likeness (QED) is 0.814. The van der Waals surface area contributed by atoms with Gasteiger partial charge in [-0.2, -0.15) is 4.68 Å². The standard InChI is InChI=1S/C16H21N5O3S/c1-10-4-3-5-12(11(10)2)18-14(22)8-24-16(23)15-13(6-7-25-15)21-9-17-19-20-21/h6-7,9-12H,3-5,8H2,1-2H3,(H,18,22). The van der Waals surface area contributed by atoms with Crippen molar-refractivity contribution in [2.75, 3.05) is 6.61 Å². The first-order chi connectivity index (χ1) is 12.1. The molecular weight excluding hydrogens is 342 g/mol. The summed E-state index contributed by atoms with van der Waals surface area (Å²) in [5.41, 5.74) is 0.537. The minimum absolute atomic E-state index is 0.147. The molecular formula is C16H21N5O3S. The molecule has 0 spiro atoms. The lowest BCUT2D eigenvalue weighted by atomic mass is 9.78. The molecule has 1 fully saturated rings. The number of aromatic nitrogens is 4. The van der Waals surface area contributed by atoms with Gasteiger partial charge >= 0.3 is 5.97 Å². The molecule has 0 bridgehead atoms. The largest absolute Gasteiger partial charge is 0.451 e. The van der Waals surface area contributed by atoms with Crippen LogP contribution in [0.4, 0.5) is 0 Å². The van der Waals surface area contributed by atoms with E-state index in [-0.39, 0.29) is 18.6 Å². The first-order valence-corrected chi connectivity index (χ1v) is 9.21. The predicted octanol–water partition coefficient (Wildman–Crippen LogP) is 1.82. The van der Waals surface area contributed by atoms with Crippen LogP contribution in [0, 0.1) is 11.8 Å². The van der Waals surface area contributed by atoms with Crippen LogP contribution < -0.4 is 5.32 Å². The van der Waals surface area contributed by atoms with Gasteiger partial charge in [0, 0.05) is 6.04 Å². The van der Waals surface area contributed by atoms with Crippen LogP contribution in [0.5, 0.6) is 0 Å². The molecule has 1 amide bonds. The van der Waals surface area contributed by atoms with Crippen LogP contribution in [-0.4, -0.2) is 44.7 Å². The summed E-state index contributed by atoms with van der Waals surface area (Å²) in [5, 5.41) is 15.6. The lowest BCUT2D eigenvalue weighted by Crippen LogP contribution is -2.45. The van der Waals surface area contributed by atoms with Crippen molar-refractivity contribution >= 4 is 23.2 Å². The van der Waals surface area contributed by atoms with Gasteiger partial charge in [0.25, 0.3) is 5.91 Å². The van der Waals surface area contributed by atoms with Crippen molar-refractivity contribution in [3.8, 4) is 5.69 Å². The second-order valence-corrected chi connectivity index (χ2v) is 7.32. The van der Waals surface area contributed by atoms with Gasteiger partial charge < -0.3 is 10.1 Å². The molecule has 2 heterocycles. The number of carbonyl (C=O) groups is 2. The molecule has 1 saturated carbocycles. The monoisotopic (exact) mass is 363 g/mol. The van der Waals surface area contributed by atoms with Crippen molar-refractivity contribution in [1.29, 1.82) is 0 Å². The number of nitrogens with zero attached hydrogens (tertiary/aromatic N) is 4. The number of thiophene rings is 1. The lowest BCUT2D eigenvalue weighted by molar-refractivity contribution is -0.125. The molecule has 3 rings (SSSR count). The van der Waals surface area contributed by atoms with E-state index in [1.165, 1.54) is 28.8 Å². The average Bonchev–Trinajstić information content (AvgIpc) is 3.27. The number of amides is 1. The summed E-state index contributed by atoms with van der Waals surface area (Å²) in [6.07, 6.45) is 4.68. The Morgan fingerprint density at radius 3 is 3.00 bits per heavy atom. The van der Waals surface area contributed by atoms with E-state index in [4.69, 9.17) is 4.74 Å². The SMILES string of the molecule is CC1CCCC(NC(=O)COC(=O)c2sccc2-n2cnnn2)C1C. The molecule has 25 heavy (non-hydrogen) atoms. The number of nitrogens with one attached hydrogen (secondary N) is 1. The Bertz CT molecular complexity index is 730. The van der Waals surface area contributed by atoms with Gasteiger partial charge in [-0.05, 0) is 40.1 Å². The number of esters is 1. The van der Waals surface area contributed by atoms with E-state index in [9.17, 15) is 9.59 Å². The summed E-state index contributed by atoms with van der Waals surface area (Å²) < 4.78 is 6.56. The third-order valence-electron chi connectivity index (χ3n) is 4.81. The average molecular weight is 363 g/mol. The fraction of sp³-hybridized carbons (Fsp3) is 0.562. The highest BCUT2D eigenvalue weighted by Gasteiger charge is 2.28. The fourth-order valence-electron chi connectivity index (χ4n) is 3.14. The first-order valence-electron chi connectivity index (χ1n) is 8.33. The second-order valence-electron chi connectivity index (χ2n) is 6.41. The van der Waals surface area contributed by atoms with Crippen LogP contribution in [0.15, 0.2) is 17.8 Å². The van der Waals surface area contributed by atoms with E-state index in [1.807, 2.05) is 0 Å². The van der Waals surface area contributed by atoms with Crippen LogP contribution in [0.25, 0.3) is 5.69 Å². The molecule has 134 valence electrons. The molecule has 0 aromatic carbocycles. The molecule has 1 N–H and O–H groups in total. The molecule has 1 aliphatic carbocycles. The molecule has 0 saturated heterocycles. The summed E-state index contributed by atoms with van der Waals surface area (Å²) in [4.78, 5) is 24.8. The molecule has 8 nitrogen and oxygen atoms in total. The number of rotatable bonds is 5. The van der Waals surface area contributed by atoms with E-state index < -0.39 is 5.97 Å². The summed E-state index contributed by atoms with van der Waals surface area (Å²) >= 11 is 1.22. The zero-order valence-corrected chi connectivity index (χ0v) is 15.0. The van der Waals surface area contributed by atoms with Gasteiger partial charge in [-0.25, -0.2) is 4.79 Å². The Morgan fingerprint density at radius 2 is 2.24 bits per heavy atom. The van der Waals surface area contributed by atoms with Crippen LogP contribution in [0.3, 0.4) is 0 Å². The number of ether oxygens (including phenoxy) is 1. The first kappa shape index (κ1) is 17.5. The van der Waals surface area contributed by atoms with Gasteiger partial charge in [0.05, 0.1) is 5.69 Å². The van der Waals surface area contributed by atoms with E-state index in [2.05, 4.69) is 34.7 Å². The highest BCUT2D eigenvalue weighted by Crippen LogP contribution is 2.29. The number of carbonyl (C=O) groups excluding carboxylic acids is 2. The normalized spacial score (nSPS) is 23.2. The van der Waals surface area contributed by atoms with E-state index in [0.717, 1.165) is 12.8 Å². The van der Waals surface area contributed by atoms with Gasteiger partial charge in [0.15, 0.2) is 6.61 Å². The fourth-order valence-corrected chi connectivity index (χ4v) is 3.91. The molecule has 9 heteroatoms. The summed E-state index contributed by atoms with van der Waals surface area (Å²) in [5.74, 6) is 0.198. The van der Waals surface area contributed by atoms with Crippen molar-refractivity contribution in [1.82, 2.24) is 25.5 Å². The minimum atomic E-state index is -0.555. The van der Waals surface area contributed by atoms with Gasteiger partial charge in [0.2, 0.25) is 0 Å².